The number of nitrogens with one attached hydrogen (secondary N) is 3. The summed E-state index contributed by atoms with van der Waals surface area (Å²) in [6.45, 7) is 0. The smallest absolute Gasteiger partial charge is 0.322 e. The van der Waals surface area contributed by atoms with Crippen molar-refractivity contribution in [3.05, 3.63) is 119 Å². The maximum Gasteiger partial charge on any atom is 0.416 e. The van der Waals surface area contributed by atoms with Gasteiger partial charge in [-0.05, 0) is 60.7 Å². The average Bonchev–Trinajstić information content (AvgIpc) is 2.88. The second-order valence-corrected chi connectivity index (χ2v) is 9.94. The highest BCUT2D eigenvalue weighted by Crippen LogP contribution is 2.31. The van der Waals surface area contributed by atoms with Crippen LogP contribution >= 0.6 is 0 Å². The molecule has 0 radical (unpaired) electrons. The third kappa shape index (κ3) is 6.61. The summed E-state index contributed by atoms with van der Waals surface area (Å²) in [6, 6.07) is 16.9. The van der Waals surface area contributed by atoms with Gasteiger partial charge in [0.1, 0.15) is 16.5 Å². The minimum absolute atomic E-state index is 0.0102. The fourth-order valence-corrected chi connectivity index (χ4v) is 4.72. The molecular weight excluding hydrogens is 557 g/mol. The summed E-state index contributed by atoms with van der Waals surface area (Å²) in [5, 5.41) is 4.86. The summed E-state index contributed by atoms with van der Waals surface area (Å²) >= 11 is 0. The molecule has 3 N–H and O–H groups in total. The molecule has 0 atom stereocenters. The Bertz CT molecular complexity index is 1710. The Kier molecular flexibility index (Phi) is 7.86. The first-order valence-electron chi connectivity index (χ1n) is 11.3. The predicted octanol–water partition coefficient (Wildman–Crippen LogP) is 6.29. The molecule has 0 bridgehead atoms. The van der Waals surface area contributed by atoms with Crippen molar-refractivity contribution in [2.75, 3.05) is 15.4 Å². The van der Waals surface area contributed by atoms with Gasteiger partial charge < -0.3 is 10.6 Å². The molecule has 4 aromatic rings. The van der Waals surface area contributed by atoms with Gasteiger partial charge >= 0.3 is 6.18 Å². The Morgan fingerprint density at radius 3 is 2.05 bits per heavy atom. The lowest BCUT2D eigenvalue weighted by atomic mass is 10.1. The number of hydrogen-bond acceptors (Lipinski definition) is 4. The van der Waals surface area contributed by atoms with Crippen molar-refractivity contribution in [1.82, 2.24) is 0 Å². The van der Waals surface area contributed by atoms with Crippen molar-refractivity contribution in [3.8, 4) is 0 Å². The van der Waals surface area contributed by atoms with Crippen LogP contribution in [-0.2, 0) is 16.2 Å². The van der Waals surface area contributed by atoms with E-state index in [1.165, 1.54) is 54.6 Å². The molecule has 4 aromatic carbocycles. The van der Waals surface area contributed by atoms with Gasteiger partial charge in [0, 0.05) is 23.0 Å². The topological polar surface area (TPSA) is 104 Å². The highest BCUT2D eigenvalue weighted by molar-refractivity contribution is 7.92. The normalized spacial score (nSPS) is 11.5. The van der Waals surface area contributed by atoms with Gasteiger partial charge in [-0.1, -0.05) is 24.3 Å². The molecule has 0 unspecified atom stereocenters. The van der Waals surface area contributed by atoms with Crippen molar-refractivity contribution in [3.63, 3.8) is 0 Å². The van der Waals surface area contributed by atoms with E-state index in [4.69, 9.17) is 0 Å². The number of carbonyl (C=O) groups is 2. The zero-order chi connectivity index (χ0) is 29.1. The first-order valence-corrected chi connectivity index (χ1v) is 12.8. The van der Waals surface area contributed by atoms with Crippen LogP contribution in [-0.4, -0.2) is 20.2 Å². The predicted molar refractivity (Wildman–Crippen MR) is 137 cm³/mol. The molecule has 0 heterocycles. The lowest BCUT2D eigenvalue weighted by Crippen LogP contribution is -2.19. The van der Waals surface area contributed by atoms with Crippen molar-refractivity contribution in [2.45, 2.75) is 11.1 Å². The van der Waals surface area contributed by atoms with E-state index in [1.54, 1.807) is 0 Å². The SMILES string of the molecule is O=C(Nc1cccc(C(F)(F)F)c1)c1cccc(NC(=O)c2ccccc2NS(=O)(=O)c2ccc(F)cc2F)c1. The number of carbonyl (C=O) groups excluding carboxylic acids is 2. The second-order valence-electron chi connectivity index (χ2n) is 8.29. The Morgan fingerprint density at radius 2 is 1.35 bits per heavy atom. The van der Waals surface area contributed by atoms with Crippen LogP contribution in [0.25, 0.3) is 0 Å². The fraction of sp³-hybridized carbons (Fsp3) is 0.0370. The molecule has 0 aromatic heterocycles. The number of amides is 2. The molecule has 0 saturated heterocycles. The van der Waals surface area contributed by atoms with E-state index in [-0.39, 0.29) is 28.2 Å². The third-order valence-corrected chi connectivity index (χ3v) is 6.83. The standard InChI is InChI=1S/C27H18F5N3O4S/c28-18-11-12-24(22(29)15-18)40(38,39)35-23-10-2-1-9-21(23)26(37)34-19-7-3-5-16(13-19)25(36)33-20-8-4-6-17(14-20)27(30,31)32/h1-15,35H,(H,33,36)(H,34,37). The summed E-state index contributed by atoms with van der Waals surface area (Å²) in [5.41, 5.74) is -1.27. The van der Waals surface area contributed by atoms with E-state index in [1.807, 2.05) is 0 Å². The second kappa shape index (κ2) is 11.1. The fourth-order valence-electron chi connectivity index (χ4n) is 3.58. The highest BCUT2D eigenvalue weighted by Gasteiger charge is 2.30. The zero-order valence-corrected chi connectivity index (χ0v) is 20.9. The lowest BCUT2D eigenvalue weighted by molar-refractivity contribution is -0.137. The first-order chi connectivity index (χ1) is 18.8. The first kappa shape index (κ1) is 28.2. The van der Waals surface area contributed by atoms with Crippen LogP contribution in [0.2, 0.25) is 0 Å². The van der Waals surface area contributed by atoms with Gasteiger partial charge in [-0.15, -0.1) is 0 Å². The molecule has 206 valence electrons. The quantitative estimate of drug-likeness (QED) is 0.225. The maximum absolute atomic E-state index is 14.1. The molecule has 0 aliphatic heterocycles. The number of halogens is 5. The molecule has 0 fully saturated rings. The van der Waals surface area contributed by atoms with E-state index in [2.05, 4.69) is 15.4 Å². The van der Waals surface area contributed by atoms with Crippen molar-refractivity contribution in [1.29, 1.82) is 0 Å². The summed E-state index contributed by atoms with van der Waals surface area (Å²) in [4.78, 5) is 24.8. The molecule has 4 rings (SSSR count). The van der Waals surface area contributed by atoms with Gasteiger partial charge in [0.15, 0.2) is 0 Å². The van der Waals surface area contributed by atoms with E-state index in [0.29, 0.717) is 6.07 Å². The van der Waals surface area contributed by atoms with Crippen LogP contribution in [0.5, 0.6) is 0 Å². The van der Waals surface area contributed by atoms with Crippen LogP contribution in [0.4, 0.5) is 39.0 Å². The number of hydrogen-bond donors (Lipinski definition) is 3. The molecule has 0 spiro atoms. The number of benzene rings is 4. The van der Waals surface area contributed by atoms with Crippen molar-refractivity contribution >= 4 is 38.9 Å². The summed E-state index contributed by atoms with van der Waals surface area (Å²) in [7, 11) is -4.54. The molecule has 7 nitrogen and oxygen atoms in total. The summed E-state index contributed by atoms with van der Waals surface area (Å²) in [6.07, 6.45) is -4.59. The molecular formula is C27H18F5N3O4S. The molecule has 0 aliphatic rings. The van der Waals surface area contributed by atoms with Gasteiger partial charge in [-0.3, -0.25) is 14.3 Å². The third-order valence-electron chi connectivity index (χ3n) is 5.43. The Morgan fingerprint density at radius 1 is 0.700 bits per heavy atom. The van der Waals surface area contributed by atoms with Gasteiger partial charge in [0.2, 0.25) is 0 Å². The summed E-state index contributed by atoms with van der Waals surface area (Å²) < 4.78 is 93.7. The van der Waals surface area contributed by atoms with Crippen molar-refractivity contribution < 1.29 is 40.0 Å². The average molecular weight is 576 g/mol. The number of para-hydroxylation sites is 1. The number of sulfonamides is 1. The minimum atomic E-state index is -4.59. The van der Waals surface area contributed by atoms with E-state index in [9.17, 15) is 40.0 Å². The van der Waals surface area contributed by atoms with Crippen LogP contribution in [0.3, 0.4) is 0 Å². The number of anilines is 3. The van der Waals surface area contributed by atoms with Gasteiger partial charge in [0.05, 0.1) is 16.8 Å². The Hall–Kier alpha value is -4.78. The lowest BCUT2D eigenvalue weighted by Gasteiger charge is -2.14. The van der Waals surface area contributed by atoms with Gasteiger partial charge in [-0.2, -0.15) is 13.2 Å². The highest BCUT2D eigenvalue weighted by atomic mass is 32.2. The Balaban J connectivity index is 1.52. The van der Waals surface area contributed by atoms with Gasteiger partial charge in [0.25, 0.3) is 21.8 Å². The largest absolute Gasteiger partial charge is 0.416 e. The molecule has 40 heavy (non-hydrogen) atoms. The number of rotatable bonds is 7. The molecule has 0 saturated carbocycles. The van der Waals surface area contributed by atoms with E-state index < -0.39 is 50.1 Å². The van der Waals surface area contributed by atoms with Crippen LogP contribution in [0.15, 0.2) is 95.9 Å². The van der Waals surface area contributed by atoms with Crippen LogP contribution < -0.4 is 15.4 Å². The van der Waals surface area contributed by atoms with E-state index in [0.717, 1.165) is 30.3 Å². The molecule has 2 amide bonds. The zero-order valence-electron chi connectivity index (χ0n) is 20.1. The molecule has 13 heteroatoms. The van der Waals surface area contributed by atoms with Crippen molar-refractivity contribution in [2.24, 2.45) is 0 Å². The molecule has 0 aliphatic carbocycles. The number of alkyl halides is 3. The Labute approximate surface area is 224 Å². The maximum atomic E-state index is 14.1. The van der Waals surface area contributed by atoms with E-state index >= 15 is 0 Å². The van der Waals surface area contributed by atoms with Crippen LogP contribution in [0, 0.1) is 11.6 Å². The summed E-state index contributed by atoms with van der Waals surface area (Å²) in [5.74, 6) is -3.84. The minimum Gasteiger partial charge on any atom is -0.322 e. The van der Waals surface area contributed by atoms with Gasteiger partial charge in [-0.25, -0.2) is 17.2 Å². The monoisotopic (exact) mass is 575 g/mol. The van der Waals surface area contributed by atoms with Crippen LogP contribution in [0.1, 0.15) is 26.3 Å².